The second-order valence-electron chi connectivity index (χ2n) is 5.16. The van der Waals surface area contributed by atoms with Crippen molar-refractivity contribution < 1.29 is 0 Å². The number of hydrogen-bond donors (Lipinski definition) is 1. The Hall–Kier alpha value is -0.830. The van der Waals surface area contributed by atoms with Gasteiger partial charge in [-0.05, 0) is 44.1 Å². The molecule has 3 nitrogen and oxygen atoms in total. The van der Waals surface area contributed by atoms with Crippen LogP contribution in [0.3, 0.4) is 0 Å². The highest BCUT2D eigenvalue weighted by molar-refractivity contribution is 5.03. The van der Waals surface area contributed by atoms with Crippen LogP contribution in [0.2, 0.25) is 0 Å². The Morgan fingerprint density at radius 2 is 2.47 bits per heavy atom. The largest absolute Gasteiger partial charge is 0.325 e. The van der Waals surface area contributed by atoms with Crippen LogP contribution in [0.15, 0.2) is 12.3 Å². The Bertz CT molecular complexity index is 331. The molecule has 0 saturated heterocycles. The van der Waals surface area contributed by atoms with Gasteiger partial charge in [-0.15, -0.1) is 0 Å². The van der Waals surface area contributed by atoms with E-state index < -0.39 is 0 Å². The number of nitrogens with zero attached hydrogens (tertiary/aromatic N) is 2. The predicted octanol–water partition coefficient (Wildman–Crippen LogP) is 1.87. The minimum Gasteiger partial charge on any atom is -0.325 e. The molecule has 1 aliphatic carbocycles. The average molecular weight is 207 g/mol. The summed E-state index contributed by atoms with van der Waals surface area (Å²) in [5, 5.41) is 4.18. The Kier molecular flexibility index (Phi) is 2.83. The fourth-order valence-electron chi connectivity index (χ4n) is 2.68. The van der Waals surface area contributed by atoms with Crippen molar-refractivity contribution in [3.63, 3.8) is 0 Å². The van der Waals surface area contributed by atoms with Crippen LogP contribution in [0.1, 0.15) is 38.3 Å². The molecule has 3 heteroatoms. The second kappa shape index (κ2) is 3.97. The zero-order chi connectivity index (χ0) is 10.9. The van der Waals surface area contributed by atoms with E-state index in [4.69, 9.17) is 5.73 Å². The minimum absolute atomic E-state index is 0.0870. The van der Waals surface area contributed by atoms with Crippen molar-refractivity contribution in [2.75, 3.05) is 0 Å². The van der Waals surface area contributed by atoms with Crippen molar-refractivity contribution in [3.8, 4) is 0 Å². The van der Waals surface area contributed by atoms with Gasteiger partial charge in [-0.25, -0.2) is 0 Å². The lowest BCUT2D eigenvalue weighted by Gasteiger charge is -2.23. The van der Waals surface area contributed by atoms with Gasteiger partial charge in [-0.3, -0.25) is 4.68 Å². The molecule has 1 aliphatic rings. The summed E-state index contributed by atoms with van der Waals surface area (Å²) in [7, 11) is 2.00. The number of hydrogen-bond acceptors (Lipinski definition) is 2. The number of aryl methyl sites for hydroxylation is 2. The van der Waals surface area contributed by atoms with Crippen molar-refractivity contribution in [1.29, 1.82) is 0 Å². The molecule has 0 aromatic carbocycles. The van der Waals surface area contributed by atoms with E-state index in [9.17, 15) is 0 Å². The van der Waals surface area contributed by atoms with Gasteiger partial charge in [0.15, 0.2) is 0 Å². The Morgan fingerprint density at radius 3 is 3.00 bits per heavy atom. The molecule has 2 unspecified atom stereocenters. The van der Waals surface area contributed by atoms with Crippen LogP contribution >= 0.6 is 0 Å². The summed E-state index contributed by atoms with van der Waals surface area (Å²) in [5.41, 5.74) is 7.76. The predicted molar refractivity (Wildman–Crippen MR) is 61.5 cm³/mol. The quantitative estimate of drug-likeness (QED) is 0.822. The molecule has 0 radical (unpaired) electrons. The van der Waals surface area contributed by atoms with Gasteiger partial charge in [0, 0.05) is 24.5 Å². The minimum atomic E-state index is 0.0870. The summed E-state index contributed by atoms with van der Waals surface area (Å²) in [6.45, 7) is 2.30. The Morgan fingerprint density at radius 1 is 1.67 bits per heavy atom. The monoisotopic (exact) mass is 207 g/mol. The van der Waals surface area contributed by atoms with Gasteiger partial charge in [0.2, 0.25) is 0 Å². The van der Waals surface area contributed by atoms with Gasteiger partial charge in [0.05, 0.1) is 0 Å². The highest BCUT2D eigenvalue weighted by Crippen LogP contribution is 2.35. The van der Waals surface area contributed by atoms with Crippen LogP contribution < -0.4 is 5.73 Å². The standard InChI is InChI=1S/C12H21N3/c1-10-3-6-12(13,9-10)7-4-11-5-8-14-15(11)2/h5,8,10H,3-4,6-7,9,13H2,1-2H3. The van der Waals surface area contributed by atoms with Crippen molar-refractivity contribution in [1.82, 2.24) is 9.78 Å². The highest BCUT2D eigenvalue weighted by atomic mass is 15.2. The van der Waals surface area contributed by atoms with Crippen molar-refractivity contribution in [2.45, 2.75) is 44.6 Å². The average Bonchev–Trinajstić information content (AvgIpc) is 2.71. The molecule has 2 atom stereocenters. The van der Waals surface area contributed by atoms with Gasteiger partial charge in [-0.1, -0.05) is 6.92 Å². The first-order chi connectivity index (χ1) is 7.09. The first-order valence-electron chi connectivity index (χ1n) is 5.85. The molecule has 0 spiro atoms. The molecule has 0 bridgehead atoms. The fraction of sp³-hybridized carbons (Fsp3) is 0.750. The SMILES string of the molecule is CC1CCC(N)(CCc2ccnn2C)C1. The topological polar surface area (TPSA) is 43.8 Å². The van der Waals surface area contributed by atoms with Crippen LogP contribution in [0.25, 0.3) is 0 Å². The van der Waals surface area contributed by atoms with Crippen LogP contribution in [0, 0.1) is 5.92 Å². The van der Waals surface area contributed by atoms with E-state index in [2.05, 4.69) is 18.1 Å². The van der Waals surface area contributed by atoms with Crippen LogP contribution in [-0.4, -0.2) is 15.3 Å². The van der Waals surface area contributed by atoms with Crippen molar-refractivity contribution in [3.05, 3.63) is 18.0 Å². The van der Waals surface area contributed by atoms with E-state index in [1.54, 1.807) is 0 Å². The van der Waals surface area contributed by atoms with Gasteiger partial charge in [0.25, 0.3) is 0 Å². The van der Waals surface area contributed by atoms with Crippen molar-refractivity contribution in [2.24, 2.45) is 18.7 Å². The first-order valence-corrected chi connectivity index (χ1v) is 5.85. The lowest BCUT2D eigenvalue weighted by atomic mass is 9.91. The van der Waals surface area contributed by atoms with E-state index in [0.717, 1.165) is 18.8 Å². The maximum Gasteiger partial charge on any atom is 0.0492 e. The van der Waals surface area contributed by atoms with Gasteiger partial charge in [-0.2, -0.15) is 5.10 Å². The molecule has 84 valence electrons. The lowest BCUT2D eigenvalue weighted by molar-refractivity contribution is 0.387. The first kappa shape index (κ1) is 10.7. The summed E-state index contributed by atoms with van der Waals surface area (Å²) in [4.78, 5) is 0. The zero-order valence-electron chi connectivity index (χ0n) is 9.74. The van der Waals surface area contributed by atoms with Crippen LogP contribution in [0.4, 0.5) is 0 Å². The van der Waals surface area contributed by atoms with E-state index >= 15 is 0 Å². The molecular weight excluding hydrogens is 186 g/mol. The fourth-order valence-corrected chi connectivity index (χ4v) is 2.68. The van der Waals surface area contributed by atoms with E-state index in [0.29, 0.717) is 0 Å². The third-order valence-electron chi connectivity index (χ3n) is 3.69. The smallest absolute Gasteiger partial charge is 0.0492 e. The molecule has 1 heterocycles. The van der Waals surface area contributed by atoms with Crippen LogP contribution in [0.5, 0.6) is 0 Å². The summed E-state index contributed by atoms with van der Waals surface area (Å²) in [6.07, 6.45) is 7.67. The number of aromatic nitrogens is 2. The van der Waals surface area contributed by atoms with Gasteiger partial charge < -0.3 is 5.73 Å². The van der Waals surface area contributed by atoms with Crippen LogP contribution in [-0.2, 0) is 13.5 Å². The summed E-state index contributed by atoms with van der Waals surface area (Å²) < 4.78 is 1.95. The summed E-state index contributed by atoms with van der Waals surface area (Å²) in [5.74, 6) is 0.807. The van der Waals surface area contributed by atoms with E-state index in [-0.39, 0.29) is 5.54 Å². The van der Waals surface area contributed by atoms with Crippen molar-refractivity contribution >= 4 is 0 Å². The number of nitrogens with two attached hydrogens (primary N) is 1. The lowest BCUT2D eigenvalue weighted by Crippen LogP contribution is -2.37. The molecule has 1 aromatic heterocycles. The molecule has 2 rings (SSSR count). The highest BCUT2D eigenvalue weighted by Gasteiger charge is 2.33. The normalized spacial score (nSPS) is 31.0. The molecule has 1 aromatic rings. The summed E-state index contributed by atoms with van der Waals surface area (Å²) in [6, 6.07) is 2.09. The summed E-state index contributed by atoms with van der Waals surface area (Å²) >= 11 is 0. The maximum atomic E-state index is 6.39. The molecule has 0 amide bonds. The zero-order valence-corrected chi connectivity index (χ0v) is 9.74. The Labute approximate surface area is 91.7 Å². The van der Waals surface area contributed by atoms with E-state index in [1.165, 1.54) is 25.0 Å². The number of rotatable bonds is 3. The molecule has 2 N–H and O–H groups in total. The van der Waals surface area contributed by atoms with E-state index in [1.807, 2.05) is 17.9 Å². The Balaban J connectivity index is 1.91. The molecular formula is C12H21N3. The third-order valence-corrected chi connectivity index (χ3v) is 3.69. The third kappa shape index (κ3) is 2.40. The second-order valence-corrected chi connectivity index (χ2v) is 5.16. The maximum absolute atomic E-state index is 6.39. The van der Waals surface area contributed by atoms with Gasteiger partial charge >= 0.3 is 0 Å². The molecule has 0 aliphatic heterocycles. The molecule has 15 heavy (non-hydrogen) atoms. The molecule has 1 saturated carbocycles. The van der Waals surface area contributed by atoms with Gasteiger partial charge in [0.1, 0.15) is 0 Å². The molecule has 1 fully saturated rings.